The van der Waals surface area contributed by atoms with Gasteiger partial charge in [-0.05, 0) is 54.2 Å². The summed E-state index contributed by atoms with van der Waals surface area (Å²) >= 11 is 6.54. The van der Waals surface area contributed by atoms with Crippen molar-refractivity contribution in [2.75, 3.05) is 19.6 Å². The summed E-state index contributed by atoms with van der Waals surface area (Å²) in [6, 6.07) is 16.4. The van der Waals surface area contributed by atoms with Crippen LogP contribution in [0.2, 0.25) is 5.02 Å². The van der Waals surface area contributed by atoms with Crippen molar-refractivity contribution in [2.45, 2.75) is 117 Å². The van der Waals surface area contributed by atoms with Crippen molar-refractivity contribution < 1.29 is 4.79 Å². The summed E-state index contributed by atoms with van der Waals surface area (Å²) in [6.45, 7) is 7.13. The van der Waals surface area contributed by atoms with Crippen LogP contribution in [0.15, 0.2) is 48.5 Å². The van der Waals surface area contributed by atoms with Crippen molar-refractivity contribution in [3.63, 3.8) is 0 Å². The lowest BCUT2D eigenvalue weighted by Gasteiger charge is -2.22. The second kappa shape index (κ2) is 20.3. The monoisotopic (exact) mass is 585 g/mol. The van der Waals surface area contributed by atoms with E-state index in [9.17, 15) is 4.79 Å². The van der Waals surface area contributed by atoms with E-state index in [4.69, 9.17) is 11.6 Å². The first-order valence-electron chi connectivity index (χ1n) is 16.0. The van der Waals surface area contributed by atoms with Crippen molar-refractivity contribution >= 4 is 51.3 Å². The minimum absolute atomic E-state index is 0. The summed E-state index contributed by atoms with van der Waals surface area (Å²) in [6.07, 6.45) is 21.1. The second-order valence-corrected chi connectivity index (χ2v) is 11.9. The molecular weight excluding hydrogens is 533 g/mol. The van der Waals surface area contributed by atoms with E-state index in [1.807, 2.05) is 24.3 Å². The summed E-state index contributed by atoms with van der Waals surface area (Å²) in [5.74, 6) is 0.232. The third kappa shape index (κ3) is 11.7. The molecule has 3 rings (SSSR count). The van der Waals surface area contributed by atoms with Crippen LogP contribution in [0.4, 0.5) is 0 Å². The summed E-state index contributed by atoms with van der Waals surface area (Å²) < 4.78 is 0. The van der Waals surface area contributed by atoms with Gasteiger partial charge in [-0.2, -0.15) is 0 Å². The van der Waals surface area contributed by atoms with Crippen LogP contribution in [0, 0.1) is 0 Å². The van der Waals surface area contributed by atoms with E-state index in [2.05, 4.69) is 43.0 Å². The van der Waals surface area contributed by atoms with E-state index in [1.165, 1.54) is 103 Å². The quantitative estimate of drug-likeness (QED) is 0.0703. The summed E-state index contributed by atoms with van der Waals surface area (Å²) in [5, 5.41) is 5.12. The third-order valence-electron chi connectivity index (χ3n) is 8.16. The number of hydrogen-bond acceptors (Lipinski definition) is 2. The van der Waals surface area contributed by atoms with E-state index >= 15 is 0 Å². The lowest BCUT2D eigenvalue weighted by atomic mass is 9.98. The van der Waals surface area contributed by atoms with E-state index in [-0.39, 0.29) is 18.2 Å². The molecule has 40 heavy (non-hydrogen) atoms. The molecule has 0 aliphatic rings. The maximum absolute atomic E-state index is 13.5. The van der Waals surface area contributed by atoms with Crippen molar-refractivity contribution in [1.82, 2.24) is 4.90 Å². The van der Waals surface area contributed by atoms with Gasteiger partial charge in [0.05, 0.1) is 6.54 Å². The van der Waals surface area contributed by atoms with Gasteiger partial charge in [-0.3, -0.25) is 9.69 Å². The van der Waals surface area contributed by atoms with E-state index < -0.39 is 0 Å². The Bertz CT molecular complexity index is 1110. The van der Waals surface area contributed by atoms with Gasteiger partial charge in [0, 0.05) is 16.0 Å². The number of nitrogens with zero attached hydrogens (tertiary/aromatic N) is 1. The molecule has 0 spiro atoms. The fourth-order valence-electron chi connectivity index (χ4n) is 5.73. The number of Topliss-reactive ketones (excluding diaryl/α,β-unsaturated/α-hetero) is 1. The number of carbonyl (C=O) groups is 1. The first-order valence-corrected chi connectivity index (χ1v) is 16.4. The average Bonchev–Trinajstić information content (AvgIpc) is 2.95. The number of halogens is 2. The molecule has 3 aromatic carbocycles. The SMILES string of the molecule is CCCCCCCCCCN(CCCCCCCCCC)CC(=O)c1ccc2cc(Cl)c3ccccc3c2c1.Cl. The standard InChI is InChI=1S/C36H52ClNO.ClH/c1-3-5-7-9-11-13-15-19-25-38(26-20-16-14-12-10-8-6-4-2)29-36(39)31-24-23-30-28-35(37)33-22-18-17-21-32(33)34(30)27-31;/h17-18,21-24,27-28H,3-16,19-20,25-26,29H2,1-2H3;1H. The number of carbonyl (C=O) groups excluding carboxylic acids is 1. The number of benzene rings is 3. The normalized spacial score (nSPS) is 11.4. The van der Waals surface area contributed by atoms with Gasteiger partial charge in [-0.15, -0.1) is 12.4 Å². The molecule has 0 N–H and O–H groups in total. The molecule has 0 amide bonds. The Morgan fingerprint density at radius 2 is 1.12 bits per heavy atom. The molecule has 4 heteroatoms. The Kier molecular flexibility index (Phi) is 17.6. The Morgan fingerprint density at radius 3 is 1.68 bits per heavy atom. The molecule has 0 heterocycles. The van der Waals surface area contributed by atoms with Gasteiger partial charge in [-0.25, -0.2) is 0 Å². The molecule has 0 aliphatic heterocycles. The summed E-state index contributed by atoms with van der Waals surface area (Å²) in [4.78, 5) is 15.9. The Balaban J connectivity index is 0.00000560. The van der Waals surface area contributed by atoms with Crippen LogP contribution in [0.5, 0.6) is 0 Å². The predicted molar refractivity (Wildman–Crippen MR) is 180 cm³/mol. The number of hydrogen-bond donors (Lipinski definition) is 0. The smallest absolute Gasteiger partial charge is 0.176 e. The first-order chi connectivity index (χ1) is 19.1. The van der Waals surface area contributed by atoms with Crippen molar-refractivity contribution in [3.8, 4) is 0 Å². The van der Waals surface area contributed by atoms with Crippen molar-refractivity contribution in [2.24, 2.45) is 0 Å². The van der Waals surface area contributed by atoms with E-state index in [0.29, 0.717) is 6.54 Å². The van der Waals surface area contributed by atoms with Crippen LogP contribution in [-0.2, 0) is 0 Å². The fraction of sp³-hybridized carbons (Fsp3) is 0.583. The molecule has 0 bridgehead atoms. The number of unbranched alkanes of at least 4 members (excludes halogenated alkanes) is 14. The van der Waals surface area contributed by atoms with Crippen LogP contribution in [0.25, 0.3) is 21.5 Å². The molecule has 0 atom stereocenters. The summed E-state index contributed by atoms with van der Waals surface area (Å²) in [7, 11) is 0. The zero-order chi connectivity index (χ0) is 27.7. The topological polar surface area (TPSA) is 20.3 Å². The molecule has 0 aliphatic carbocycles. The highest BCUT2D eigenvalue weighted by atomic mass is 35.5. The lowest BCUT2D eigenvalue weighted by Crippen LogP contribution is -2.32. The molecule has 0 fully saturated rings. The number of ketones is 1. The summed E-state index contributed by atoms with van der Waals surface area (Å²) in [5.41, 5.74) is 0.812. The van der Waals surface area contributed by atoms with Gasteiger partial charge in [0.15, 0.2) is 5.78 Å². The molecule has 222 valence electrons. The fourth-order valence-corrected chi connectivity index (χ4v) is 6.01. The average molecular weight is 587 g/mol. The van der Waals surface area contributed by atoms with Crippen molar-refractivity contribution in [3.05, 3.63) is 59.1 Å². The van der Waals surface area contributed by atoms with Gasteiger partial charge in [0.1, 0.15) is 0 Å². The van der Waals surface area contributed by atoms with Gasteiger partial charge >= 0.3 is 0 Å². The van der Waals surface area contributed by atoms with Crippen LogP contribution in [0.3, 0.4) is 0 Å². The van der Waals surface area contributed by atoms with E-state index in [1.54, 1.807) is 0 Å². The maximum Gasteiger partial charge on any atom is 0.176 e. The van der Waals surface area contributed by atoms with Gasteiger partial charge < -0.3 is 0 Å². The largest absolute Gasteiger partial charge is 0.296 e. The Morgan fingerprint density at radius 1 is 0.625 bits per heavy atom. The molecule has 3 aromatic rings. The highest BCUT2D eigenvalue weighted by molar-refractivity contribution is 6.37. The molecule has 0 aromatic heterocycles. The van der Waals surface area contributed by atoms with Crippen LogP contribution in [-0.4, -0.2) is 30.3 Å². The predicted octanol–water partition coefficient (Wildman–Crippen LogP) is 11.8. The minimum Gasteiger partial charge on any atom is -0.296 e. The van der Waals surface area contributed by atoms with Crippen molar-refractivity contribution in [1.29, 1.82) is 0 Å². The molecule has 0 saturated carbocycles. The van der Waals surface area contributed by atoms with Crippen LogP contribution in [0.1, 0.15) is 127 Å². The zero-order valence-electron chi connectivity index (χ0n) is 25.2. The molecule has 0 saturated heterocycles. The van der Waals surface area contributed by atoms with Gasteiger partial charge in [-0.1, -0.05) is 152 Å². The zero-order valence-corrected chi connectivity index (χ0v) is 26.8. The highest BCUT2D eigenvalue weighted by Crippen LogP contribution is 2.32. The molecule has 0 unspecified atom stereocenters. The molecular formula is C36H53Cl2NO. The number of rotatable bonds is 21. The Labute approximate surface area is 255 Å². The highest BCUT2D eigenvalue weighted by Gasteiger charge is 2.14. The van der Waals surface area contributed by atoms with E-state index in [0.717, 1.165) is 45.2 Å². The number of fused-ring (bicyclic) bond motifs is 3. The maximum atomic E-state index is 13.5. The van der Waals surface area contributed by atoms with Crippen LogP contribution < -0.4 is 0 Å². The van der Waals surface area contributed by atoms with Gasteiger partial charge in [0.25, 0.3) is 0 Å². The molecule has 0 radical (unpaired) electrons. The first kappa shape index (κ1) is 34.6. The lowest BCUT2D eigenvalue weighted by molar-refractivity contribution is 0.0927. The Hall–Kier alpha value is -1.61. The van der Waals surface area contributed by atoms with Crippen LogP contribution >= 0.6 is 24.0 Å². The molecule has 2 nitrogen and oxygen atoms in total. The van der Waals surface area contributed by atoms with Gasteiger partial charge in [0.2, 0.25) is 0 Å². The third-order valence-corrected chi connectivity index (χ3v) is 8.47. The second-order valence-electron chi connectivity index (χ2n) is 11.5. The minimum atomic E-state index is 0.